The van der Waals surface area contributed by atoms with Gasteiger partial charge >= 0.3 is 5.97 Å². The van der Waals surface area contributed by atoms with Crippen molar-refractivity contribution in [3.8, 4) is 0 Å². The van der Waals surface area contributed by atoms with Crippen LogP contribution in [-0.4, -0.2) is 25.5 Å². The predicted molar refractivity (Wildman–Crippen MR) is 87.1 cm³/mol. The molecular formula is C16H18N2O3S. The summed E-state index contributed by atoms with van der Waals surface area (Å²) in [5.41, 5.74) is 0.984. The van der Waals surface area contributed by atoms with E-state index in [4.69, 9.17) is 4.74 Å². The minimum Gasteiger partial charge on any atom is -0.465 e. The molecule has 1 heterocycles. The molecule has 0 fully saturated rings. The molecule has 0 aliphatic carbocycles. The number of para-hydroxylation sites is 1. The molecule has 0 aliphatic heterocycles. The van der Waals surface area contributed by atoms with E-state index in [9.17, 15) is 9.59 Å². The van der Waals surface area contributed by atoms with Crippen LogP contribution in [0.1, 0.15) is 28.2 Å². The summed E-state index contributed by atoms with van der Waals surface area (Å²) < 4.78 is 4.72. The van der Waals surface area contributed by atoms with E-state index in [-0.39, 0.29) is 18.5 Å². The van der Waals surface area contributed by atoms with Gasteiger partial charge in [0.2, 0.25) is 5.91 Å². The van der Waals surface area contributed by atoms with Gasteiger partial charge < -0.3 is 15.4 Å². The van der Waals surface area contributed by atoms with Crippen LogP contribution in [0.25, 0.3) is 0 Å². The van der Waals surface area contributed by atoms with Crippen molar-refractivity contribution in [2.75, 3.05) is 19.0 Å². The van der Waals surface area contributed by atoms with E-state index in [1.54, 1.807) is 35.6 Å². The van der Waals surface area contributed by atoms with Gasteiger partial charge in [-0.2, -0.15) is 0 Å². The van der Waals surface area contributed by atoms with Crippen molar-refractivity contribution in [3.63, 3.8) is 0 Å². The average molecular weight is 318 g/mol. The van der Waals surface area contributed by atoms with Gasteiger partial charge in [0.25, 0.3) is 0 Å². The van der Waals surface area contributed by atoms with Gasteiger partial charge in [0.1, 0.15) is 0 Å². The minimum atomic E-state index is -0.435. The molecule has 2 N–H and O–H groups in total. The van der Waals surface area contributed by atoms with E-state index in [1.807, 2.05) is 24.4 Å². The fourth-order valence-corrected chi connectivity index (χ4v) is 2.74. The molecule has 1 unspecified atom stereocenters. The van der Waals surface area contributed by atoms with Crippen molar-refractivity contribution in [3.05, 3.63) is 52.2 Å². The molecule has 1 atom stereocenters. The summed E-state index contributed by atoms with van der Waals surface area (Å²) in [5, 5.41) is 7.85. The highest BCUT2D eigenvalue weighted by atomic mass is 32.1. The predicted octanol–water partition coefficient (Wildman–Crippen LogP) is 2.82. The van der Waals surface area contributed by atoms with Crippen molar-refractivity contribution in [2.24, 2.45) is 0 Å². The zero-order chi connectivity index (χ0) is 15.9. The smallest absolute Gasteiger partial charge is 0.339 e. The molecule has 0 aliphatic rings. The fourth-order valence-electron chi connectivity index (χ4n) is 2.00. The molecule has 0 bridgehead atoms. The number of methoxy groups -OCH3 is 1. The van der Waals surface area contributed by atoms with E-state index < -0.39 is 5.97 Å². The van der Waals surface area contributed by atoms with Crippen molar-refractivity contribution in [1.82, 2.24) is 5.32 Å². The lowest BCUT2D eigenvalue weighted by molar-refractivity contribution is -0.120. The second kappa shape index (κ2) is 7.61. The van der Waals surface area contributed by atoms with Crippen LogP contribution in [0.2, 0.25) is 0 Å². The van der Waals surface area contributed by atoms with Gasteiger partial charge in [0, 0.05) is 10.6 Å². The second-order valence-corrected chi connectivity index (χ2v) is 5.67. The van der Waals surface area contributed by atoms with Gasteiger partial charge in [-0.05, 0) is 30.5 Å². The average Bonchev–Trinajstić information content (AvgIpc) is 3.07. The summed E-state index contributed by atoms with van der Waals surface area (Å²) in [6, 6.07) is 10.8. The Hall–Kier alpha value is -2.34. The lowest BCUT2D eigenvalue weighted by atomic mass is 10.2. The van der Waals surface area contributed by atoms with Crippen LogP contribution in [0.3, 0.4) is 0 Å². The summed E-state index contributed by atoms with van der Waals surface area (Å²) in [7, 11) is 1.33. The third kappa shape index (κ3) is 4.08. The monoisotopic (exact) mass is 318 g/mol. The van der Waals surface area contributed by atoms with Gasteiger partial charge in [-0.1, -0.05) is 18.2 Å². The molecule has 22 heavy (non-hydrogen) atoms. The largest absolute Gasteiger partial charge is 0.465 e. The van der Waals surface area contributed by atoms with Crippen molar-refractivity contribution in [2.45, 2.75) is 13.0 Å². The minimum absolute atomic E-state index is 0.0369. The molecule has 1 amide bonds. The first kappa shape index (κ1) is 16.0. The number of esters is 1. The Morgan fingerprint density at radius 1 is 1.23 bits per heavy atom. The first-order chi connectivity index (χ1) is 10.6. The lowest BCUT2D eigenvalue weighted by Gasteiger charge is -2.14. The second-order valence-electron chi connectivity index (χ2n) is 4.70. The number of carbonyl (C=O) groups is 2. The summed E-state index contributed by atoms with van der Waals surface area (Å²) >= 11 is 1.60. The van der Waals surface area contributed by atoms with Crippen LogP contribution in [0.5, 0.6) is 0 Å². The molecular weight excluding hydrogens is 300 g/mol. The van der Waals surface area contributed by atoms with Crippen molar-refractivity contribution in [1.29, 1.82) is 0 Å². The van der Waals surface area contributed by atoms with Gasteiger partial charge in [-0.15, -0.1) is 11.3 Å². The molecule has 0 spiro atoms. The molecule has 0 radical (unpaired) electrons. The Kier molecular flexibility index (Phi) is 5.55. The van der Waals surface area contributed by atoms with E-state index >= 15 is 0 Å². The quantitative estimate of drug-likeness (QED) is 0.804. The maximum absolute atomic E-state index is 12.0. The van der Waals surface area contributed by atoms with Gasteiger partial charge in [-0.3, -0.25) is 4.79 Å². The topological polar surface area (TPSA) is 67.4 Å². The van der Waals surface area contributed by atoms with Crippen LogP contribution in [0, 0.1) is 0 Å². The first-order valence-electron chi connectivity index (χ1n) is 6.85. The normalized spacial score (nSPS) is 11.5. The number of ether oxygens (including phenoxy) is 1. The van der Waals surface area contributed by atoms with Crippen molar-refractivity contribution >= 4 is 28.9 Å². The van der Waals surface area contributed by atoms with E-state index in [0.29, 0.717) is 11.3 Å². The van der Waals surface area contributed by atoms with Crippen LogP contribution in [0.4, 0.5) is 5.69 Å². The zero-order valence-corrected chi connectivity index (χ0v) is 13.3. The van der Waals surface area contributed by atoms with Crippen LogP contribution in [0.15, 0.2) is 41.8 Å². The number of benzene rings is 1. The highest BCUT2D eigenvalue weighted by molar-refractivity contribution is 7.10. The summed E-state index contributed by atoms with van der Waals surface area (Å²) in [6.45, 7) is 2.02. The van der Waals surface area contributed by atoms with E-state index in [0.717, 1.165) is 4.88 Å². The number of carbonyl (C=O) groups excluding carboxylic acids is 2. The molecule has 2 aromatic rings. The number of amides is 1. The molecule has 0 saturated heterocycles. The standard InChI is InChI=1S/C16H18N2O3S/c1-11(14-8-5-9-22-14)18-15(19)10-17-13-7-4-3-6-12(13)16(20)21-2/h3-9,11,17H,10H2,1-2H3,(H,18,19). The Morgan fingerprint density at radius 3 is 2.68 bits per heavy atom. The molecule has 5 nitrogen and oxygen atoms in total. The molecule has 6 heteroatoms. The number of thiophene rings is 1. The highest BCUT2D eigenvalue weighted by Gasteiger charge is 2.13. The number of hydrogen-bond acceptors (Lipinski definition) is 5. The Labute approximate surface area is 133 Å². The number of rotatable bonds is 6. The van der Waals surface area contributed by atoms with E-state index in [2.05, 4.69) is 10.6 Å². The fraction of sp³-hybridized carbons (Fsp3) is 0.250. The number of hydrogen-bond donors (Lipinski definition) is 2. The first-order valence-corrected chi connectivity index (χ1v) is 7.73. The Bertz CT molecular complexity index is 641. The summed E-state index contributed by atoms with van der Waals surface area (Å²) in [4.78, 5) is 24.7. The summed E-state index contributed by atoms with van der Waals surface area (Å²) in [5.74, 6) is -0.573. The third-order valence-corrected chi connectivity index (χ3v) is 4.17. The summed E-state index contributed by atoms with van der Waals surface area (Å²) in [6.07, 6.45) is 0. The van der Waals surface area contributed by atoms with Crippen LogP contribution < -0.4 is 10.6 Å². The van der Waals surface area contributed by atoms with Crippen LogP contribution >= 0.6 is 11.3 Å². The molecule has 1 aromatic carbocycles. The SMILES string of the molecule is COC(=O)c1ccccc1NCC(=O)NC(C)c1cccs1. The maximum Gasteiger partial charge on any atom is 0.339 e. The number of nitrogens with one attached hydrogen (secondary N) is 2. The van der Waals surface area contributed by atoms with Gasteiger partial charge in [-0.25, -0.2) is 4.79 Å². The van der Waals surface area contributed by atoms with Gasteiger partial charge in [0.15, 0.2) is 0 Å². The highest BCUT2D eigenvalue weighted by Crippen LogP contribution is 2.18. The Morgan fingerprint density at radius 2 is 2.00 bits per heavy atom. The van der Waals surface area contributed by atoms with Gasteiger partial charge in [0.05, 0.1) is 25.3 Å². The third-order valence-electron chi connectivity index (χ3n) is 3.12. The molecule has 116 valence electrons. The molecule has 1 aromatic heterocycles. The molecule has 2 rings (SSSR count). The van der Waals surface area contributed by atoms with Crippen molar-refractivity contribution < 1.29 is 14.3 Å². The van der Waals surface area contributed by atoms with E-state index in [1.165, 1.54) is 7.11 Å². The molecule has 0 saturated carbocycles. The Balaban J connectivity index is 1.93. The zero-order valence-electron chi connectivity index (χ0n) is 12.5. The lowest BCUT2D eigenvalue weighted by Crippen LogP contribution is -2.32. The number of anilines is 1. The maximum atomic E-state index is 12.0. The van der Waals surface area contributed by atoms with Crippen LogP contribution in [-0.2, 0) is 9.53 Å².